The number of esters is 1. The van der Waals surface area contributed by atoms with Crippen molar-refractivity contribution in [3.05, 3.63) is 59.7 Å². The summed E-state index contributed by atoms with van der Waals surface area (Å²) in [6.07, 6.45) is 2.09. The Balaban J connectivity index is 2.24. The van der Waals surface area contributed by atoms with E-state index < -0.39 is 164 Å². The van der Waals surface area contributed by atoms with Gasteiger partial charge in [-0.2, -0.15) is 11.8 Å². The number of nitrogens with one attached hydrogen (secondary N) is 6. The maximum Gasteiger partial charge on any atom is 0.311 e. The van der Waals surface area contributed by atoms with Crippen LogP contribution in [0.1, 0.15) is 107 Å². The second-order valence-corrected chi connectivity index (χ2v) is 21.3. The molecular weight excluding hydrogens is 1230 g/mol. The third-order valence-corrected chi connectivity index (χ3v) is 13.6. The number of guanidine groups is 2. The van der Waals surface area contributed by atoms with Crippen molar-refractivity contribution in [2.45, 2.75) is 133 Å². The van der Waals surface area contributed by atoms with E-state index >= 15 is 0 Å². The van der Waals surface area contributed by atoms with E-state index in [4.69, 9.17) is 48.6 Å². The number of carbonyl (C=O) groups is 13. The van der Waals surface area contributed by atoms with E-state index in [0.717, 1.165) is 0 Å². The summed E-state index contributed by atoms with van der Waals surface area (Å²) in [5.74, 6) is -12.6. The monoisotopic (exact) mass is 1310 g/mol. The average Bonchev–Trinajstić information content (AvgIpc) is 1.02. The number of aliphatic carboxylic acids is 2. The van der Waals surface area contributed by atoms with Crippen molar-refractivity contribution in [3.63, 3.8) is 0 Å². The molecule has 2 aromatic rings. The molecule has 0 heterocycles. The molecule has 0 aliphatic carbocycles. The van der Waals surface area contributed by atoms with Crippen molar-refractivity contribution < 1.29 is 91.9 Å². The van der Waals surface area contributed by atoms with Crippen LogP contribution in [-0.2, 0) is 62.3 Å². The van der Waals surface area contributed by atoms with Gasteiger partial charge < -0.3 is 95.8 Å². The largest absolute Gasteiger partial charge is 0.504 e. The van der Waals surface area contributed by atoms with Crippen molar-refractivity contribution in [2.75, 3.05) is 39.3 Å². The Labute approximate surface area is 533 Å². The molecule has 0 aromatic heterocycles. The lowest BCUT2D eigenvalue weighted by Crippen LogP contribution is -2.59. The summed E-state index contributed by atoms with van der Waals surface area (Å²) < 4.78 is 15.8. The van der Waals surface area contributed by atoms with E-state index in [0.29, 0.717) is 11.1 Å². The summed E-state index contributed by atoms with van der Waals surface area (Å²) in [4.78, 5) is 177. The highest BCUT2D eigenvalue weighted by molar-refractivity contribution is 7.98. The van der Waals surface area contributed by atoms with Crippen molar-refractivity contribution in [3.8, 4) is 23.0 Å². The molecule has 0 radical (unpaired) electrons. The molecule has 8 amide bonds. The number of phenols is 1. The highest BCUT2D eigenvalue weighted by Gasteiger charge is 2.34. The Morgan fingerprint density at radius 3 is 1.38 bits per heavy atom. The third kappa shape index (κ3) is 31.8. The van der Waals surface area contributed by atoms with Crippen LogP contribution in [0.25, 0.3) is 12.2 Å². The minimum absolute atomic E-state index is 0.00897. The molecule has 0 spiro atoms. The van der Waals surface area contributed by atoms with Gasteiger partial charge >= 0.3 is 17.9 Å². The number of carbonyl (C=O) groups excluding carboxylic acids is 11. The molecule has 2 aromatic carbocycles. The Morgan fingerprint density at radius 2 is 0.935 bits per heavy atom. The molecule has 21 N–H and O–H groups in total. The van der Waals surface area contributed by atoms with E-state index in [1.807, 2.05) is 0 Å². The van der Waals surface area contributed by atoms with Gasteiger partial charge in [0, 0.05) is 45.2 Å². The number of methoxy groups -OCH3 is 2. The minimum Gasteiger partial charge on any atom is -0.504 e. The predicted molar refractivity (Wildman–Crippen MR) is 336 cm³/mol. The van der Waals surface area contributed by atoms with Crippen molar-refractivity contribution in [2.24, 2.45) is 44.4 Å². The first-order valence-corrected chi connectivity index (χ1v) is 30.0. The lowest BCUT2D eigenvalue weighted by atomic mass is 10.0. The van der Waals surface area contributed by atoms with E-state index in [1.54, 1.807) is 12.3 Å². The summed E-state index contributed by atoms with van der Waals surface area (Å²) in [5.41, 5.74) is 33.5. The molecule has 0 bridgehead atoms. The number of benzene rings is 2. The first-order chi connectivity index (χ1) is 43.5. The molecule has 0 aliphatic rings. The fraction of sp³-hybridized carbons (Fsp3) is 0.466. The molecule has 6 atom stereocenters. The Morgan fingerprint density at radius 1 is 0.511 bits per heavy atom. The molecule has 33 nitrogen and oxygen atoms in total. The van der Waals surface area contributed by atoms with Crippen LogP contribution in [-0.4, -0.2) is 180 Å². The van der Waals surface area contributed by atoms with Gasteiger partial charge in [-0.15, -0.1) is 0 Å². The Hall–Kier alpha value is -10.3. The summed E-state index contributed by atoms with van der Waals surface area (Å²) in [6.45, 7) is 0.0756. The van der Waals surface area contributed by atoms with Gasteiger partial charge in [0.25, 0.3) is 0 Å². The first-order valence-electron chi connectivity index (χ1n) is 28.7. The van der Waals surface area contributed by atoms with Crippen molar-refractivity contribution in [1.82, 2.24) is 31.9 Å². The van der Waals surface area contributed by atoms with Gasteiger partial charge in [0.1, 0.15) is 36.3 Å². The van der Waals surface area contributed by atoms with E-state index in [2.05, 4.69) is 41.9 Å². The molecular formula is C58H82N14O19S. The summed E-state index contributed by atoms with van der Waals surface area (Å²) in [7, 11) is 2.67. The van der Waals surface area contributed by atoms with Crippen LogP contribution < -0.4 is 80.5 Å². The summed E-state index contributed by atoms with van der Waals surface area (Å²) in [5, 5.41) is 43.4. The van der Waals surface area contributed by atoms with Crippen LogP contribution in [0.5, 0.6) is 23.0 Å². The topological polar surface area (TPSA) is 563 Å². The number of nitrogens with zero attached hydrogens (tertiary/aromatic N) is 2. The highest BCUT2D eigenvalue weighted by Crippen LogP contribution is 2.30. The maximum atomic E-state index is 14.1. The number of thioether (sulfide) groups is 1. The van der Waals surface area contributed by atoms with Crippen molar-refractivity contribution >= 4 is 113 Å². The Bertz CT molecular complexity index is 3060. The van der Waals surface area contributed by atoms with Gasteiger partial charge in [0.05, 0.1) is 20.6 Å². The molecule has 2 rings (SSSR count). The fourth-order valence-electron chi connectivity index (χ4n) is 8.23. The second kappa shape index (κ2) is 41.8. The van der Waals surface area contributed by atoms with Crippen LogP contribution in [0.15, 0.2) is 58.5 Å². The average molecular weight is 1310 g/mol. The van der Waals surface area contributed by atoms with E-state index in [9.17, 15) is 77.6 Å². The number of aliphatic imine (C=N–C) groups is 2. The van der Waals surface area contributed by atoms with Crippen molar-refractivity contribution in [1.29, 1.82) is 0 Å². The lowest BCUT2D eigenvalue weighted by Gasteiger charge is -2.27. The number of hydrogen-bond acceptors (Lipinski definition) is 20. The second-order valence-electron chi connectivity index (χ2n) is 20.3. The summed E-state index contributed by atoms with van der Waals surface area (Å²) in [6, 6.07) is -0.463. The number of amides is 8. The molecule has 0 saturated carbocycles. The Kier molecular flexibility index (Phi) is 35.4. The highest BCUT2D eigenvalue weighted by atomic mass is 32.2. The van der Waals surface area contributed by atoms with E-state index in [-0.39, 0.29) is 98.7 Å². The number of carboxylic acid groups (broad SMARTS) is 2. The molecule has 0 saturated heterocycles. The number of carboxylic acids is 2. The number of ether oxygens (including phenoxy) is 3. The van der Waals surface area contributed by atoms with Gasteiger partial charge in [-0.1, -0.05) is 24.3 Å². The number of hydrogen-bond donors (Lipinski definition) is 15. The van der Waals surface area contributed by atoms with Gasteiger partial charge in [-0.05, 0) is 117 Å². The SMILES string of the molecule is COc1cc(/C=C/C(=O)CC(=O)/C=C/c2ccc(OC(=O)CCCC(=O)N[C@@H](CCC(=O)O)C(=O)N[C@@H](CCC(=O)O)C(=O)N[C@@H](CCSC)C(=O)N[C@@H](CCC(N)=O)C(=O)N[C@@H](CCCN=C(N)N)C(=O)N[C@@H](CCCN=C(N)N)C(N)=O)c(OC)c2)ccc1O. The molecule has 34 heteroatoms. The number of primary amides is 2. The van der Waals surface area contributed by atoms with Crippen LogP contribution in [0.2, 0.25) is 0 Å². The third-order valence-electron chi connectivity index (χ3n) is 13.0. The maximum absolute atomic E-state index is 14.1. The van der Waals surface area contributed by atoms with Crippen LogP contribution >= 0.6 is 11.8 Å². The molecule has 0 aliphatic heterocycles. The quantitative estimate of drug-likeness (QED) is 0.00648. The molecule has 92 heavy (non-hydrogen) atoms. The minimum atomic E-state index is -1.75. The molecule has 0 fully saturated rings. The van der Waals surface area contributed by atoms with Gasteiger partial charge in [-0.3, -0.25) is 72.3 Å². The summed E-state index contributed by atoms with van der Waals surface area (Å²) >= 11 is 1.23. The lowest BCUT2D eigenvalue weighted by molar-refractivity contribution is -0.140. The number of allylic oxidation sites excluding steroid dienone is 2. The first kappa shape index (κ1) is 77.8. The van der Waals surface area contributed by atoms with Crippen LogP contribution in [0.3, 0.4) is 0 Å². The number of rotatable bonds is 45. The standard InChI is InChI=1S/C58H82N14O19S/c1-89-44-29-32(13-20-42(44)75)11-15-34(73)31-35(74)16-12-33-14-21-43(45(30-33)90-2)91-50(82)10-4-9-47(77)67-38(18-23-48(78)79)53(85)71-40(19-24-49(80)81)55(87)72-41(25-28-92-3)56(88)70-39(17-22-46(59)76)54(86)69-37(8-6-27-66-58(63)64)52(84)68-36(51(60)83)7-5-26-65-57(61)62/h11-16,20-21,29-30,36-41,75H,4-10,17-19,22-28,31H2,1-3H3,(H2,59,76)(H2,60,83)(H,67,77)(H,68,84)(H,69,86)(H,70,88)(H,71,85)(H,72,87)(H,78,79)(H,80,81)(H4,61,62,65)(H4,63,64,66)/b15-11+,16-12+/t36-,37-,38-,39-,40-,41-/m0/s1. The van der Waals surface area contributed by atoms with Crippen LogP contribution in [0.4, 0.5) is 0 Å². The zero-order chi connectivity index (χ0) is 68.9. The molecule has 504 valence electrons. The fourth-order valence-corrected chi connectivity index (χ4v) is 8.70. The zero-order valence-electron chi connectivity index (χ0n) is 51.1. The van der Waals surface area contributed by atoms with Crippen LogP contribution in [0, 0.1) is 0 Å². The van der Waals surface area contributed by atoms with Gasteiger partial charge in [0.15, 0.2) is 46.5 Å². The smallest absolute Gasteiger partial charge is 0.311 e. The van der Waals surface area contributed by atoms with Gasteiger partial charge in [0.2, 0.25) is 47.3 Å². The number of nitrogens with two attached hydrogens (primary N) is 6. The number of phenolic OH excluding ortho intramolecular Hbond substituents is 1. The number of ketones is 2. The van der Waals surface area contributed by atoms with E-state index in [1.165, 1.54) is 80.6 Å². The molecule has 0 unspecified atom stereocenters. The normalized spacial score (nSPS) is 12.9. The predicted octanol–water partition coefficient (Wildman–Crippen LogP) is -2.01. The van der Waals surface area contributed by atoms with Gasteiger partial charge in [-0.25, -0.2) is 0 Å². The zero-order valence-corrected chi connectivity index (χ0v) is 51.9. The number of aromatic hydroxyl groups is 1.